The van der Waals surface area contributed by atoms with Crippen molar-refractivity contribution in [2.45, 2.75) is 6.92 Å². The van der Waals surface area contributed by atoms with Crippen molar-refractivity contribution in [2.75, 3.05) is 0 Å². The summed E-state index contributed by atoms with van der Waals surface area (Å²) in [6.07, 6.45) is 0. The number of hydrogen-bond donors (Lipinski definition) is 1. The van der Waals surface area contributed by atoms with Gasteiger partial charge in [-0.2, -0.15) is 0 Å². The van der Waals surface area contributed by atoms with E-state index in [2.05, 4.69) is 6.07 Å². The molecule has 0 aliphatic heterocycles. The summed E-state index contributed by atoms with van der Waals surface area (Å²) < 4.78 is 0. The molecule has 2 nitrogen and oxygen atoms in total. The fourth-order valence-corrected chi connectivity index (χ4v) is 0.716. The predicted octanol–water partition coefficient (Wildman–Crippen LogP) is 1.37. The van der Waals surface area contributed by atoms with E-state index in [1.165, 1.54) is 12.1 Å². The van der Waals surface area contributed by atoms with Crippen molar-refractivity contribution in [1.29, 1.82) is 5.26 Å². The Kier molecular flexibility index (Phi) is 4.33. The Bertz CT molecular complexity index is 291. The van der Waals surface area contributed by atoms with E-state index < -0.39 is 0 Å². The largest absolute Gasteiger partial charge is 3.00 e. The van der Waals surface area contributed by atoms with Gasteiger partial charge in [-0.25, -0.2) is 0 Å². The van der Waals surface area contributed by atoms with Crippen molar-refractivity contribution in [2.24, 2.45) is 0 Å². The van der Waals surface area contributed by atoms with E-state index in [0.29, 0.717) is 5.56 Å². The van der Waals surface area contributed by atoms with Crippen LogP contribution in [0.25, 0.3) is 0 Å². The fraction of sp³-hybridized carbons (Fsp3) is 0.125. The van der Waals surface area contributed by atoms with E-state index in [0.717, 1.165) is 5.56 Å². The molecule has 0 unspecified atom stereocenters. The molecule has 50 valence electrons. The number of nitrogens with zero attached hydrogens (tertiary/aromatic N) is 1. The number of phenolic OH excluding ortho intramolecular Hbond substituents is 1. The van der Waals surface area contributed by atoms with Gasteiger partial charge in [0.05, 0.1) is 0 Å². The first-order valence-corrected chi connectivity index (χ1v) is 2.85. The molecule has 0 bridgehead atoms. The fourth-order valence-electron chi connectivity index (χ4n) is 0.716. The summed E-state index contributed by atoms with van der Waals surface area (Å²) in [5.41, 5.74) is 1.24. The minimum Gasteiger partial charge on any atom is -0.551 e. The first kappa shape index (κ1) is 10.6. The number of hydrogen-bond acceptors (Lipinski definition) is 2. The monoisotopic (exact) mass is 221 g/mol. The molecule has 1 N–H and O–H groups in total. The standard InChI is InChI=1S/C8H6NO.Y/c1-6-4-8(10)3-2-7(6)5-9;/h3-4,10H,1H3;/q-1;+3. The molecule has 0 spiro atoms. The summed E-state index contributed by atoms with van der Waals surface area (Å²) in [6, 6.07) is 7.52. The molecule has 3 heteroatoms. The molecule has 0 aliphatic carbocycles. The number of nitriles is 1. The number of phenols is 1. The first-order valence-electron chi connectivity index (χ1n) is 2.85. The Morgan fingerprint density at radius 2 is 2.27 bits per heavy atom. The van der Waals surface area contributed by atoms with Crippen LogP contribution in [-0.4, -0.2) is 5.11 Å². The minimum atomic E-state index is 0. The zero-order chi connectivity index (χ0) is 7.56. The second kappa shape index (κ2) is 4.48. The molecule has 11 heavy (non-hydrogen) atoms. The normalized spacial score (nSPS) is 8.00. The van der Waals surface area contributed by atoms with Gasteiger partial charge in [0.25, 0.3) is 0 Å². The first-order chi connectivity index (χ1) is 4.74. The van der Waals surface area contributed by atoms with Crippen LogP contribution in [0.5, 0.6) is 5.75 Å². The summed E-state index contributed by atoms with van der Waals surface area (Å²) in [5, 5.41) is 17.3. The summed E-state index contributed by atoms with van der Waals surface area (Å²) in [4.78, 5) is 0. The maximum atomic E-state index is 8.89. The van der Waals surface area contributed by atoms with E-state index in [1.54, 1.807) is 6.92 Å². The second-order valence-corrected chi connectivity index (χ2v) is 2.03. The van der Waals surface area contributed by atoms with Gasteiger partial charge in [-0.3, -0.25) is 5.26 Å². The zero-order valence-electron chi connectivity index (χ0n) is 6.13. The summed E-state index contributed by atoms with van der Waals surface area (Å²) >= 11 is 0. The third-order valence-corrected chi connectivity index (χ3v) is 1.23. The number of aryl methyl sites for hydroxylation is 1. The third-order valence-electron chi connectivity index (χ3n) is 1.23. The van der Waals surface area contributed by atoms with Crippen LogP contribution in [0.4, 0.5) is 0 Å². The van der Waals surface area contributed by atoms with E-state index in [1.807, 2.05) is 6.07 Å². The molecule has 0 fully saturated rings. The Balaban J connectivity index is 0.000001000. The zero-order valence-corrected chi connectivity index (χ0v) is 8.96. The second-order valence-electron chi connectivity index (χ2n) is 2.03. The van der Waals surface area contributed by atoms with Crippen LogP contribution < -0.4 is 0 Å². The quantitative estimate of drug-likeness (QED) is 0.672. The Labute approximate surface area is 90.7 Å². The number of benzene rings is 1. The van der Waals surface area contributed by atoms with E-state index in [9.17, 15) is 0 Å². The SMILES string of the molecule is Cc1cc(O)c[c-]c1C#N.[Y+3]. The van der Waals surface area contributed by atoms with Gasteiger partial charge in [0.15, 0.2) is 0 Å². The maximum Gasteiger partial charge on any atom is 3.00 e. The topological polar surface area (TPSA) is 44.0 Å². The van der Waals surface area contributed by atoms with Gasteiger partial charge in [-0.1, -0.05) is 12.5 Å². The molecule has 0 atom stereocenters. The molecule has 0 amide bonds. The van der Waals surface area contributed by atoms with Crippen molar-refractivity contribution >= 4 is 0 Å². The molecule has 1 aromatic carbocycles. The molecule has 1 aromatic rings. The van der Waals surface area contributed by atoms with Gasteiger partial charge >= 0.3 is 32.7 Å². The van der Waals surface area contributed by atoms with Crippen LogP contribution >= 0.6 is 0 Å². The van der Waals surface area contributed by atoms with Gasteiger partial charge in [-0.15, -0.1) is 23.8 Å². The average molecular weight is 221 g/mol. The summed E-state index contributed by atoms with van der Waals surface area (Å²) in [6.45, 7) is 1.76. The van der Waals surface area contributed by atoms with Gasteiger partial charge in [-0.05, 0) is 6.07 Å². The van der Waals surface area contributed by atoms with Gasteiger partial charge in [0.2, 0.25) is 0 Å². The molecule has 0 radical (unpaired) electrons. The molecule has 0 heterocycles. The summed E-state index contributed by atoms with van der Waals surface area (Å²) in [5.74, 6) is 0.150. The minimum absolute atomic E-state index is 0. The molecule has 1 rings (SSSR count). The molecular weight excluding hydrogens is 215 g/mol. The van der Waals surface area contributed by atoms with Crippen LogP contribution in [0, 0.1) is 24.3 Å². The molecule has 0 saturated carbocycles. The van der Waals surface area contributed by atoms with E-state index in [-0.39, 0.29) is 38.5 Å². The van der Waals surface area contributed by atoms with E-state index >= 15 is 0 Å². The van der Waals surface area contributed by atoms with Crippen LogP contribution in [0.1, 0.15) is 11.1 Å². The summed E-state index contributed by atoms with van der Waals surface area (Å²) in [7, 11) is 0. The molecular formula is C8H6NOY+2. The molecule has 0 saturated heterocycles. The Morgan fingerprint density at radius 1 is 1.64 bits per heavy atom. The average Bonchev–Trinajstić information content (AvgIpc) is 1.88. The predicted molar refractivity (Wildman–Crippen MR) is 36.4 cm³/mol. The number of rotatable bonds is 0. The van der Waals surface area contributed by atoms with Crippen molar-refractivity contribution in [3.8, 4) is 11.8 Å². The van der Waals surface area contributed by atoms with Crippen LogP contribution in [0.3, 0.4) is 0 Å². The maximum absolute atomic E-state index is 8.89. The van der Waals surface area contributed by atoms with Gasteiger partial charge in [0.1, 0.15) is 0 Å². The van der Waals surface area contributed by atoms with Crippen LogP contribution in [0.15, 0.2) is 12.1 Å². The molecule has 0 aliphatic rings. The van der Waals surface area contributed by atoms with Gasteiger partial charge < -0.3 is 5.11 Å². The molecule has 0 aromatic heterocycles. The van der Waals surface area contributed by atoms with Crippen molar-refractivity contribution in [3.63, 3.8) is 0 Å². The van der Waals surface area contributed by atoms with Crippen LogP contribution in [-0.2, 0) is 32.7 Å². The van der Waals surface area contributed by atoms with Crippen molar-refractivity contribution < 1.29 is 37.8 Å². The van der Waals surface area contributed by atoms with Gasteiger partial charge in [0, 0.05) is 5.75 Å². The third kappa shape index (κ3) is 2.61. The van der Waals surface area contributed by atoms with E-state index in [4.69, 9.17) is 10.4 Å². The van der Waals surface area contributed by atoms with Crippen LogP contribution in [0.2, 0.25) is 0 Å². The number of aromatic hydroxyl groups is 1. The van der Waals surface area contributed by atoms with Crippen molar-refractivity contribution in [3.05, 3.63) is 29.3 Å². The Hall–Kier alpha value is -0.386. The Morgan fingerprint density at radius 3 is 2.73 bits per heavy atom. The smallest absolute Gasteiger partial charge is 0.551 e. The van der Waals surface area contributed by atoms with Crippen molar-refractivity contribution in [1.82, 2.24) is 0 Å².